The predicted octanol–water partition coefficient (Wildman–Crippen LogP) is 2.61. The van der Waals surface area contributed by atoms with Gasteiger partial charge in [-0.15, -0.1) is 0 Å². The maximum atomic E-state index is 13.2. The summed E-state index contributed by atoms with van der Waals surface area (Å²) in [5, 5.41) is 0. The molecule has 0 radical (unpaired) electrons. The maximum absolute atomic E-state index is 13.2. The van der Waals surface area contributed by atoms with Crippen molar-refractivity contribution in [3.05, 3.63) is 17.8 Å². The van der Waals surface area contributed by atoms with Gasteiger partial charge in [-0.2, -0.15) is 13.2 Å². The highest BCUT2D eigenvalue weighted by molar-refractivity contribution is 6.62. The molecule has 0 aromatic carbocycles. The Bertz CT molecular complexity index is 599. The molecule has 2 saturated heterocycles. The molecule has 2 aliphatic heterocycles. The molecule has 4 nitrogen and oxygen atoms in total. The average Bonchev–Trinajstić information content (AvgIpc) is 2.55. The molecule has 8 heteroatoms. The summed E-state index contributed by atoms with van der Waals surface area (Å²) in [7, 11) is -0.830. The standard InChI is InChI=1S/C15H20BF3N2O2/c1-13(2)14(3,4)23-16(22-13)10-8-11(15(17,18)19)20-12(9-10)21-6-5-7-21/h8-9H,5-7H2,1-4H3. The lowest BCUT2D eigenvalue weighted by atomic mass is 9.79. The van der Waals surface area contributed by atoms with E-state index >= 15 is 0 Å². The number of aromatic nitrogens is 1. The molecule has 23 heavy (non-hydrogen) atoms. The van der Waals surface area contributed by atoms with Gasteiger partial charge in [-0.05, 0) is 51.7 Å². The van der Waals surface area contributed by atoms with E-state index in [9.17, 15) is 13.2 Å². The van der Waals surface area contributed by atoms with Crippen molar-refractivity contribution in [3.8, 4) is 0 Å². The SMILES string of the molecule is CC1(C)OB(c2cc(N3CCC3)nc(C(F)(F)F)c2)OC1(C)C. The van der Waals surface area contributed by atoms with Crippen LogP contribution in [0.15, 0.2) is 12.1 Å². The third kappa shape index (κ3) is 2.94. The van der Waals surface area contributed by atoms with Crippen molar-refractivity contribution in [3.63, 3.8) is 0 Å². The van der Waals surface area contributed by atoms with Crippen molar-refractivity contribution >= 4 is 18.4 Å². The number of halogens is 3. The summed E-state index contributed by atoms with van der Waals surface area (Å²) < 4.78 is 51.2. The fourth-order valence-corrected chi connectivity index (χ4v) is 2.50. The highest BCUT2D eigenvalue weighted by Crippen LogP contribution is 2.37. The first-order valence-electron chi connectivity index (χ1n) is 7.69. The molecule has 0 spiro atoms. The van der Waals surface area contributed by atoms with Crippen LogP contribution < -0.4 is 10.4 Å². The zero-order valence-electron chi connectivity index (χ0n) is 13.7. The van der Waals surface area contributed by atoms with Crippen molar-refractivity contribution in [2.45, 2.75) is 51.5 Å². The molecular weight excluding hydrogens is 308 g/mol. The van der Waals surface area contributed by atoms with Crippen molar-refractivity contribution in [2.24, 2.45) is 0 Å². The van der Waals surface area contributed by atoms with Gasteiger partial charge < -0.3 is 14.2 Å². The fraction of sp³-hybridized carbons (Fsp3) is 0.667. The third-order valence-corrected chi connectivity index (χ3v) is 4.83. The largest absolute Gasteiger partial charge is 0.495 e. The number of rotatable bonds is 2. The average molecular weight is 328 g/mol. The van der Waals surface area contributed by atoms with Crippen LogP contribution in [0.25, 0.3) is 0 Å². The van der Waals surface area contributed by atoms with E-state index in [1.165, 1.54) is 0 Å². The van der Waals surface area contributed by atoms with E-state index in [2.05, 4.69) is 4.98 Å². The van der Waals surface area contributed by atoms with E-state index in [-0.39, 0.29) is 0 Å². The van der Waals surface area contributed by atoms with E-state index in [4.69, 9.17) is 9.31 Å². The second-order valence-corrected chi connectivity index (χ2v) is 7.07. The van der Waals surface area contributed by atoms with Crippen LogP contribution in [0.2, 0.25) is 0 Å². The zero-order valence-corrected chi connectivity index (χ0v) is 13.7. The summed E-state index contributed by atoms with van der Waals surface area (Å²) in [4.78, 5) is 5.58. The fourth-order valence-electron chi connectivity index (χ4n) is 2.50. The molecule has 0 N–H and O–H groups in total. The lowest BCUT2D eigenvalue weighted by molar-refractivity contribution is -0.141. The van der Waals surface area contributed by atoms with Gasteiger partial charge in [-0.3, -0.25) is 0 Å². The number of alkyl halides is 3. The number of nitrogens with zero attached hydrogens (tertiary/aromatic N) is 2. The first-order valence-corrected chi connectivity index (χ1v) is 7.69. The highest BCUT2D eigenvalue weighted by atomic mass is 19.4. The quantitative estimate of drug-likeness (QED) is 0.782. The Labute approximate surface area is 134 Å². The Hall–Kier alpha value is -1.28. The normalized spacial score (nSPS) is 23.1. The van der Waals surface area contributed by atoms with E-state index in [0.717, 1.165) is 25.6 Å². The van der Waals surface area contributed by atoms with Crippen LogP contribution in [0.1, 0.15) is 39.8 Å². The number of hydrogen-bond acceptors (Lipinski definition) is 4. The molecule has 1 aromatic heterocycles. The minimum atomic E-state index is -4.50. The molecule has 0 aliphatic carbocycles. The molecule has 0 bridgehead atoms. The molecular formula is C15H20BF3N2O2. The Kier molecular flexibility index (Phi) is 3.68. The van der Waals surface area contributed by atoms with Crippen molar-refractivity contribution < 1.29 is 22.5 Å². The number of anilines is 1. The Morgan fingerprint density at radius 3 is 2.09 bits per heavy atom. The smallest absolute Gasteiger partial charge is 0.399 e. The Morgan fingerprint density at radius 1 is 1.09 bits per heavy atom. The third-order valence-electron chi connectivity index (χ3n) is 4.83. The van der Waals surface area contributed by atoms with Gasteiger partial charge in [0, 0.05) is 13.1 Å². The van der Waals surface area contributed by atoms with Gasteiger partial charge in [-0.25, -0.2) is 4.98 Å². The summed E-state index contributed by atoms with van der Waals surface area (Å²) >= 11 is 0. The van der Waals surface area contributed by atoms with E-state index < -0.39 is 30.2 Å². The minimum absolute atomic E-state index is 0.329. The first kappa shape index (κ1) is 16.6. The molecule has 1 aromatic rings. The molecule has 0 unspecified atom stereocenters. The van der Waals surface area contributed by atoms with Crippen LogP contribution in [-0.2, 0) is 15.5 Å². The van der Waals surface area contributed by atoms with E-state index in [1.807, 2.05) is 32.6 Å². The van der Waals surface area contributed by atoms with Crippen LogP contribution in [0, 0.1) is 0 Å². The molecule has 3 heterocycles. The van der Waals surface area contributed by atoms with E-state index in [0.29, 0.717) is 11.3 Å². The highest BCUT2D eigenvalue weighted by Gasteiger charge is 2.52. The molecule has 2 fully saturated rings. The van der Waals surface area contributed by atoms with Crippen molar-refractivity contribution in [2.75, 3.05) is 18.0 Å². The van der Waals surface area contributed by atoms with Gasteiger partial charge in [0.1, 0.15) is 11.5 Å². The van der Waals surface area contributed by atoms with Crippen molar-refractivity contribution in [1.29, 1.82) is 0 Å². The molecule has 126 valence electrons. The molecule has 0 amide bonds. The van der Waals surface area contributed by atoms with Crippen LogP contribution >= 0.6 is 0 Å². The summed E-state index contributed by atoms with van der Waals surface area (Å²) in [6.07, 6.45) is -3.54. The summed E-state index contributed by atoms with van der Waals surface area (Å²) in [6.45, 7) is 8.92. The maximum Gasteiger partial charge on any atom is 0.495 e. The second kappa shape index (κ2) is 5.11. The lowest BCUT2D eigenvalue weighted by Gasteiger charge is -2.32. The molecule has 0 saturated carbocycles. The number of hydrogen-bond donors (Lipinski definition) is 0. The van der Waals surface area contributed by atoms with Gasteiger partial charge >= 0.3 is 13.3 Å². The van der Waals surface area contributed by atoms with Crippen molar-refractivity contribution in [1.82, 2.24) is 4.98 Å². The summed E-state index contributed by atoms with van der Waals surface area (Å²) in [5.41, 5.74) is -1.76. The summed E-state index contributed by atoms with van der Waals surface area (Å²) in [6, 6.07) is 2.65. The lowest BCUT2D eigenvalue weighted by Crippen LogP contribution is -2.41. The molecule has 3 rings (SSSR count). The monoisotopic (exact) mass is 328 g/mol. The topological polar surface area (TPSA) is 34.6 Å². The van der Waals surface area contributed by atoms with Crippen LogP contribution in [0.5, 0.6) is 0 Å². The molecule has 0 atom stereocenters. The van der Waals surface area contributed by atoms with Crippen LogP contribution in [-0.4, -0.2) is 36.4 Å². The second-order valence-electron chi connectivity index (χ2n) is 7.07. The Balaban J connectivity index is 1.99. The van der Waals surface area contributed by atoms with Gasteiger partial charge in [0.05, 0.1) is 11.2 Å². The molecule has 2 aliphatic rings. The van der Waals surface area contributed by atoms with Crippen LogP contribution in [0.4, 0.5) is 19.0 Å². The first-order chi connectivity index (χ1) is 10.5. The number of pyridine rings is 1. The summed E-state index contributed by atoms with van der Waals surface area (Å²) in [5.74, 6) is 0.329. The van der Waals surface area contributed by atoms with Gasteiger partial charge in [0.25, 0.3) is 0 Å². The van der Waals surface area contributed by atoms with Crippen LogP contribution in [0.3, 0.4) is 0 Å². The van der Waals surface area contributed by atoms with E-state index in [1.54, 1.807) is 6.07 Å². The predicted molar refractivity (Wildman–Crippen MR) is 81.8 cm³/mol. The van der Waals surface area contributed by atoms with Gasteiger partial charge in [-0.1, -0.05) is 0 Å². The zero-order chi connectivity index (χ0) is 17.0. The van der Waals surface area contributed by atoms with Gasteiger partial charge in [0.2, 0.25) is 0 Å². The Morgan fingerprint density at radius 2 is 1.65 bits per heavy atom. The minimum Gasteiger partial charge on any atom is -0.399 e. The van der Waals surface area contributed by atoms with Gasteiger partial charge in [0.15, 0.2) is 0 Å².